The molecule has 0 aromatic heterocycles. The number of amides is 1. The second-order valence-electron chi connectivity index (χ2n) is 5.98. The summed E-state index contributed by atoms with van der Waals surface area (Å²) in [4.78, 5) is 12.1. The number of methoxy groups -OCH3 is 1. The number of nitrogens with one attached hydrogen (secondary N) is 2. The molecule has 5 heteroatoms. The van der Waals surface area contributed by atoms with Crippen molar-refractivity contribution in [3.8, 4) is 11.5 Å². The van der Waals surface area contributed by atoms with Crippen molar-refractivity contribution in [2.75, 3.05) is 14.2 Å². The molecule has 1 atom stereocenters. The van der Waals surface area contributed by atoms with Crippen LogP contribution in [0.2, 0.25) is 0 Å². The third-order valence-electron chi connectivity index (χ3n) is 2.81. The van der Waals surface area contributed by atoms with Gasteiger partial charge < -0.3 is 20.1 Å². The maximum Gasteiger partial charge on any atom is 0.261 e. The highest BCUT2D eigenvalue weighted by molar-refractivity contribution is 5.81. The van der Waals surface area contributed by atoms with Crippen LogP contribution in [0.4, 0.5) is 0 Å². The first-order valence-corrected chi connectivity index (χ1v) is 7.07. The quantitative estimate of drug-likeness (QED) is 0.843. The molecule has 0 aliphatic rings. The Hall–Kier alpha value is -1.75. The molecule has 118 valence electrons. The molecule has 2 N–H and O–H groups in total. The van der Waals surface area contributed by atoms with Crippen molar-refractivity contribution in [2.24, 2.45) is 0 Å². The van der Waals surface area contributed by atoms with E-state index < -0.39 is 6.10 Å². The normalized spacial score (nSPS) is 12.7. The second kappa shape index (κ2) is 7.31. The zero-order valence-electron chi connectivity index (χ0n) is 13.7. The second-order valence-corrected chi connectivity index (χ2v) is 5.98. The fourth-order valence-corrected chi connectivity index (χ4v) is 1.89. The zero-order chi connectivity index (χ0) is 16.0. The van der Waals surface area contributed by atoms with Gasteiger partial charge in [0.05, 0.1) is 7.11 Å². The Morgan fingerprint density at radius 1 is 1.33 bits per heavy atom. The molecule has 0 saturated heterocycles. The van der Waals surface area contributed by atoms with E-state index in [1.807, 2.05) is 46.0 Å². The summed E-state index contributed by atoms with van der Waals surface area (Å²) in [5.41, 5.74) is 0.663. The van der Waals surface area contributed by atoms with Gasteiger partial charge in [-0.05, 0) is 40.8 Å². The summed E-state index contributed by atoms with van der Waals surface area (Å²) in [5, 5.41) is 5.99. The van der Waals surface area contributed by atoms with Crippen LogP contribution in [-0.2, 0) is 11.3 Å². The highest BCUT2D eigenvalue weighted by Crippen LogP contribution is 2.32. The minimum absolute atomic E-state index is 0.149. The summed E-state index contributed by atoms with van der Waals surface area (Å²) < 4.78 is 11.2. The average Bonchev–Trinajstić information content (AvgIpc) is 2.38. The number of para-hydroxylation sites is 1. The number of carbonyl (C=O) groups excluding carboxylic acids is 1. The van der Waals surface area contributed by atoms with E-state index in [1.54, 1.807) is 14.0 Å². The standard InChI is InChI=1S/C16H26N2O3/c1-11(15(19)18-16(2,3)4)21-14-12(10-17-5)8-7-9-13(14)20-6/h7-9,11,17H,10H2,1-6H3,(H,18,19). The first-order valence-electron chi connectivity index (χ1n) is 7.07. The van der Waals surface area contributed by atoms with E-state index in [9.17, 15) is 4.79 Å². The van der Waals surface area contributed by atoms with Gasteiger partial charge in [0, 0.05) is 17.6 Å². The van der Waals surface area contributed by atoms with Crippen LogP contribution >= 0.6 is 0 Å². The van der Waals surface area contributed by atoms with Gasteiger partial charge in [0.1, 0.15) is 0 Å². The molecule has 1 aromatic carbocycles. The van der Waals surface area contributed by atoms with Crippen LogP contribution in [-0.4, -0.2) is 31.7 Å². The lowest BCUT2D eigenvalue weighted by Crippen LogP contribution is -2.46. The minimum atomic E-state index is -0.601. The first kappa shape index (κ1) is 17.3. The molecule has 1 rings (SSSR count). The third kappa shape index (κ3) is 5.27. The minimum Gasteiger partial charge on any atom is -0.493 e. The molecule has 0 aliphatic heterocycles. The van der Waals surface area contributed by atoms with E-state index in [0.717, 1.165) is 5.56 Å². The van der Waals surface area contributed by atoms with Crippen molar-refractivity contribution in [3.05, 3.63) is 23.8 Å². The predicted molar refractivity (Wildman–Crippen MR) is 83.7 cm³/mol. The van der Waals surface area contributed by atoms with Crippen LogP contribution in [0.1, 0.15) is 33.3 Å². The van der Waals surface area contributed by atoms with Crippen molar-refractivity contribution in [2.45, 2.75) is 45.9 Å². The SMILES string of the molecule is CNCc1cccc(OC)c1OC(C)C(=O)NC(C)(C)C. The van der Waals surface area contributed by atoms with E-state index in [-0.39, 0.29) is 11.4 Å². The average molecular weight is 294 g/mol. The Morgan fingerprint density at radius 2 is 2.00 bits per heavy atom. The molecule has 5 nitrogen and oxygen atoms in total. The summed E-state index contributed by atoms with van der Waals surface area (Å²) in [5.74, 6) is 1.08. The largest absolute Gasteiger partial charge is 0.493 e. The van der Waals surface area contributed by atoms with Crippen molar-refractivity contribution < 1.29 is 14.3 Å². The lowest BCUT2D eigenvalue weighted by molar-refractivity contribution is -0.128. The highest BCUT2D eigenvalue weighted by atomic mass is 16.5. The molecule has 0 spiro atoms. The van der Waals surface area contributed by atoms with E-state index in [4.69, 9.17) is 9.47 Å². The molecule has 1 amide bonds. The summed E-state index contributed by atoms with van der Waals surface area (Å²) in [6, 6.07) is 5.67. The van der Waals surface area contributed by atoms with E-state index in [1.165, 1.54) is 0 Å². The van der Waals surface area contributed by atoms with Crippen LogP contribution in [0.3, 0.4) is 0 Å². The Bertz CT molecular complexity index is 481. The van der Waals surface area contributed by atoms with Crippen molar-refractivity contribution in [3.63, 3.8) is 0 Å². The van der Waals surface area contributed by atoms with Gasteiger partial charge in [-0.15, -0.1) is 0 Å². The van der Waals surface area contributed by atoms with E-state index >= 15 is 0 Å². The van der Waals surface area contributed by atoms with Crippen molar-refractivity contribution in [1.82, 2.24) is 10.6 Å². The molecule has 1 aromatic rings. The maximum atomic E-state index is 12.1. The van der Waals surface area contributed by atoms with Gasteiger partial charge in [0.2, 0.25) is 0 Å². The number of hydrogen-bond acceptors (Lipinski definition) is 4. The number of benzene rings is 1. The summed E-state index contributed by atoms with van der Waals surface area (Å²) >= 11 is 0. The monoisotopic (exact) mass is 294 g/mol. The fraction of sp³-hybridized carbons (Fsp3) is 0.562. The maximum absolute atomic E-state index is 12.1. The fourth-order valence-electron chi connectivity index (χ4n) is 1.89. The van der Waals surface area contributed by atoms with Gasteiger partial charge in [0.15, 0.2) is 17.6 Å². The van der Waals surface area contributed by atoms with E-state index in [2.05, 4.69) is 10.6 Å². The highest BCUT2D eigenvalue weighted by Gasteiger charge is 2.22. The Morgan fingerprint density at radius 3 is 2.52 bits per heavy atom. The Kier molecular flexibility index (Phi) is 6.03. The number of ether oxygens (including phenoxy) is 2. The predicted octanol–water partition coefficient (Wildman–Crippen LogP) is 2.10. The molecule has 0 fully saturated rings. The van der Waals surface area contributed by atoms with Crippen LogP contribution in [0.25, 0.3) is 0 Å². The van der Waals surface area contributed by atoms with Gasteiger partial charge in [-0.1, -0.05) is 12.1 Å². The summed E-state index contributed by atoms with van der Waals surface area (Å²) in [6.45, 7) is 8.18. The van der Waals surface area contributed by atoms with Gasteiger partial charge in [-0.3, -0.25) is 4.79 Å². The molecule has 0 bridgehead atoms. The molecule has 21 heavy (non-hydrogen) atoms. The molecule has 0 aliphatic carbocycles. The van der Waals surface area contributed by atoms with Gasteiger partial charge in [-0.2, -0.15) is 0 Å². The van der Waals surface area contributed by atoms with Crippen molar-refractivity contribution in [1.29, 1.82) is 0 Å². The molecule has 0 radical (unpaired) electrons. The Balaban J connectivity index is 2.92. The molecule has 1 unspecified atom stereocenters. The number of rotatable bonds is 6. The molecular formula is C16H26N2O3. The number of carbonyl (C=O) groups is 1. The lowest BCUT2D eigenvalue weighted by atomic mass is 10.1. The van der Waals surface area contributed by atoms with Gasteiger partial charge >= 0.3 is 0 Å². The van der Waals surface area contributed by atoms with Crippen LogP contribution in [0, 0.1) is 0 Å². The third-order valence-corrected chi connectivity index (χ3v) is 2.81. The van der Waals surface area contributed by atoms with E-state index in [0.29, 0.717) is 18.0 Å². The van der Waals surface area contributed by atoms with Crippen LogP contribution < -0.4 is 20.1 Å². The van der Waals surface area contributed by atoms with Gasteiger partial charge in [0.25, 0.3) is 5.91 Å². The van der Waals surface area contributed by atoms with Crippen LogP contribution in [0.15, 0.2) is 18.2 Å². The molecule has 0 heterocycles. The van der Waals surface area contributed by atoms with Gasteiger partial charge in [-0.25, -0.2) is 0 Å². The molecule has 0 saturated carbocycles. The smallest absolute Gasteiger partial charge is 0.261 e. The Labute approximate surface area is 127 Å². The van der Waals surface area contributed by atoms with Crippen molar-refractivity contribution >= 4 is 5.91 Å². The van der Waals surface area contributed by atoms with Crippen LogP contribution in [0.5, 0.6) is 11.5 Å². The zero-order valence-corrected chi connectivity index (χ0v) is 13.7. The lowest BCUT2D eigenvalue weighted by Gasteiger charge is -2.24. The summed E-state index contributed by atoms with van der Waals surface area (Å²) in [6.07, 6.45) is -0.601. The summed E-state index contributed by atoms with van der Waals surface area (Å²) in [7, 11) is 3.45. The molecular weight excluding hydrogens is 268 g/mol. The topological polar surface area (TPSA) is 59.6 Å². The first-order chi connectivity index (χ1) is 9.78. The number of hydrogen-bond donors (Lipinski definition) is 2.